The lowest BCUT2D eigenvalue weighted by Crippen LogP contribution is -2.47. The fourth-order valence-electron chi connectivity index (χ4n) is 5.53. The van der Waals surface area contributed by atoms with Crippen LogP contribution in [0.15, 0.2) is 17.6 Å². The van der Waals surface area contributed by atoms with E-state index >= 15 is 0 Å². The van der Waals surface area contributed by atoms with Crippen molar-refractivity contribution < 1.29 is 23.1 Å². The van der Waals surface area contributed by atoms with Crippen LogP contribution in [0.25, 0.3) is 0 Å². The Bertz CT molecular complexity index is 1380. The van der Waals surface area contributed by atoms with Crippen LogP contribution in [0, 0.1) is 29.1 Å². The maximum absolute atomic E-state index is 14.1. The van der Waals surface area contributed by atoms with Crippen LogP contribution in [0.3, 0.4) is 0 Å². The molecule has 9 nitrogen and oxygen atoms in total. The summed E-state index contributed by atoms with van der Waals surface area (Å²) in [7, 11) is -2.12. The molecular weight excluding hydrogens is 536 g/mol. The van der Waals surface area contributed by atoms with Crippen LogP contribution < -0.4 is 4.90 Å². The Balaban J connectivity index is 1.67. The first-order valence-corrected chi connectivity index (χ1v) is 16.0. The van der Waals surface area contributed by atoms with Gasteiger partial charge in [-0.2, -0.15) is 5.10 Å². The number of aromatic carboxylic acids is 1. The zero-order valence-corrected chi connectivity index (χ0v) is 24.9. The van der Waals surface area contributed by atoms with E-state index in [4.69, 9.17) is 0 Å². The van der Waals surface area contributed by atoms with E-state index in [2.05, 4.69) is 28.8 Å². The molecule has 11 heteroatoms. The topological polar surface area (TPSA) is 122 Å². The first-order chi connectivity index (χ1) is 18.3. The van der Waals surface area contributed by atoms with E-state index in [1.54, 1.807) is 18.0 Å². The van der Waals surface area contributed by atoms with Gasteiger partial charge in [0.25, 0.3) is 0 Å². The lowest BCUT2D eigenvalue weighted by Gasteiger charge is -2.39. The number of aryl methyl sites for hydroxylation is 1. The molecule has 0 atom stereocenters. The third-order valence-corrected chi connectivity index (χ3v) is 11.0. The minimum atomic E-state index is -3.67. The Morgan fingerprint density at radius 2 is 1.74 bits per heavy atom. The molecule has 0 radical (unpaired) electrons. The van der Waals surface area contributed by atoms with Crippen molar-refractivity contribution in [2.24, 2.45) is 24.3 Å². The van der Waals surface area contributed by atoms with Gasteiger partial charge in [0.15, 0.2) is 0 Å². The monoisotopic (exact) mass is 574 g/mol. The van der Waals surface area contributed by atoms with Gasteiger partial charge in [-0.15, -0.1) is 11.3 Å². The normalized spacial score (nSPS) is 24.0. The molecule has 2 aromatic rings. The fourth-order valence-corrected chi connectivity index (χ4v) is 8.17. The molecule has 2 heterocycles. The van der Waals surface area contributed by atoms with Crippen molar-refractivity contribution in [2.45, 2.75) is 95.5 Å². The second-order valence-electron chi connectivity index (χ2n) is 11.9. The van der Waals surface area contributed by atoms with Crippen LogP contribution >= 0.6 is 11.3 Å². The first-order valence-electron chi connectivity index (χ1n) is 13.6. The highest BCUT2D eigenvalue weighted by atomic mass is 32.2. The molecule has 2 saturated carbocycles. The number of carbonyl (C=O) groups excluding carboxylic acids is 1. The Kier molecular flexibility index (Phi) is 8.57. The van der Waals surface area contributed by atoms with Crippen LogP contribution in [0.2, 0.25) is 0 Å². The van der Waals surface area contributed by atoms with Crippen LogP contribution in [-0.4, -0.2) is 51.5 Å². The SMILES string of the molecule is Cn1ncnc1S(=O)(=O)[C@H]1CC[C@H](N(c2cc(C#CC(C)(C)C)sc2C(=O)O)C(=O)[C@H]2CC[C@H](C)CC2)CC1. The second-order valence-corrected chi connectivity index (χ2v) is 15.1. The number of carboxylic acid groups (broad SMARTS) is 1. The predicted octanol–water partition coefficient (Wildman–Crippen LogP) is 4.92. The number of sulfone groups is 1. The molecular formula is C28H38N4O5S2. The van der Waals surface area contributed by atoms with E-state index in [1.807, 2.05) is 20.8 Å². The number of aromatic nitrogens is 3. The van der Waals surface area contributed by atoms with Gasteiger partial charge in [-0.05, 0) is 84.1 Å². The third kappa shape index (κ3) is 6.55. The molecule has 0 bridgehead atoms. The van der Waals surface area contributed by atoms with Gasteiger partial charge in [-0.3, -0.25) is 4.79 Å². The van der Waals surface area contributed by atoms with Gasteiger partial charge in [-0.25, -0.2) is 22.9 Å². The zero-order chi connectivity index (χ0) is 28.5. The summed E-state index contributed by atoms with van der Waals surface area (Å²) < 4.78 is 27.7. The average Bonchev–Trinajstić information content (AvgIpc) is 3.50. The number of anilines is 1. The number of carboxylic acids is 1. The minimum absolute atomic E-state index is 0.0525. The first kappa shape index (κ1) is 29.3. The summed E-state index contributed by atoms with van der Waals surface area (Å²) >= 11 is 1.09. The largest absolute Gasteiger partial charge is 0.477 e. The molecule has 0 unspecified atom stereocenters. The summed E-state index contributed by atoms with van der Waals surface area (Å²) in [6, 6.07) is 1.44. The quantitative estimate of drug-likeness (QED) is 0.486. The Morgan fingerprint density at radius 1 is 1.10 bits per heavy atom. The molecule has 0 aliphatic heterocycles. The van der Waals surface area contributed by atoms with Crippen LogP contribution in [0.4, 0.5) is 5.69 Å². The molecule has 2 aromatic heterocycles. The molecule has 0 aromatic carbocycles. The molecule has 0 spiro atoms. The Hall–Kier alpha value is -2.71. The summed E-state index contributed by atoms with van der Waals surface area (Å²) in [5.41, 5.74) is 0.128. The minimum Gasteiger partial charge on any atom is -0.477 e. The summed E-state index contributed by atoms with van der Waals surface area (Å²) in [6.07, 6.45) is 6.32. The lowest BCUT2D eigenvalue weighted by atomic mass is 9.81. The molecule has 4 rings (SSSR count). The van der Waals surface area contributed by atoms with Gasteiger partial charge in [-0.1, -0.05) is 18.8 Å². The molecule has 2 aliphatic rings. The Morgan fingerprint density at radius 3 is 2.28 bits per heavy atom. The van der Waals surface area contributed by atoms with Crippen LogP contribution in [0.5, 0.6) is 0 Å². The highest BCUT2D eigenvalue weighted by Gasteiger charge is 2.41. The van der Waals surface area contributed by atoms with Gasteiger partial charge in [0.1, 0.15) is 11.2 Å². The van der Waals surface area contributed by atoms with Gasteiger partial charge >= 0.3 is 5.97 Å². The van der Waals surface area contributed by atoms with Gasteiger partial charge in [0.2, 0.25) is 20.9 Å². The average molecular weight is 575 g/mol. The van der Waals surface area contributed by atoms with E-state index in [0.29, 0.717) is 42.2 Å². The summed E-state index contributed by atoms with van der Waals surface area (Å²) in [4.78, 5) is 32.8. The number of hydrogen-bond donors (Lipinski definition) is 1. The maximum atomic E-state index is 14.1. The smallest absolute Gasteiger partial charge is 0.348 e. The molecule has 1 N–H and O–H groups in total. The molecule has 2 aliphatic carbocycles. The van der Waals surface area contributed by atoms with Crippen molar-refractivity contribution in [1.29, 1.82) is 0 Å². The number of rotatable bonds is 6. The van der Waals surface area contributed by atoms with E-state index in [-0.39, 0.29) is 33.3 Å². The van der Waals surface area contributed by atoms with Crippen LogP contribution in [-0.2, 0) is 21.7 Å². The Labute approximate surface area is 234 Å². The molecule has 2 fully saturated rings. The van der Waals surface area contributed by atoms with Crippen molar-refractivity contribution in [2.75, 3.05) is 4.90 Å². The number of thiophene rings is 1. The molecule has 212 valence electrons. The number of nitrogens with zero attached hydrogens (tertiary/aromatic N) is 4. The van der Waals surface area contributed by atoms with Gasteiger partial charge in [0.05, 0.1) is 15.8 Å². The zero-order valence-electron chi connectivity index (χ0n) is 23.3. The number of hydrogen-bond acceptors (Lipinski definition) is 7. The molecule has 0 saturated heterocycles. The lowest BCUT2D eigenvalue weighted by molar-refractivity contribution is -0.124. The van der Waals surface area contributed by atoms with Gasteiger partial charge < -0.3 is 10.0 Å². The number of amides is 1. The van der Waals surface area contributed by atoms with Gasteiger partial charge in [0, 0.05) is 24.4 Å². The fraction of sp³-hybridized carbons (Fsp3) is 0.643. The summed E-state index contributed by atoms with van der Waals surface area (Å²) in [6.45, 7) is 8.15. The highest BCUT2D eigenvalue weighted by molar-refractivity contribution is 7.91. The molecule has 39 heavy (non-hydrogen) atoms. The van der Waals surface area contributed by atoms with Crippen LogP contribution in [0.1, 0.15) is 93.6 Å². The van der Waals surface area contributed by atoms with E-state index in [0.717, 1.165) is 37.0 Å². The van der Waals surface area contributed by atoms with E-state index in [1.165, 1.54) is 11.0 Å². The predicted molar refractivity (Wildman–Crippen MR) is 150 cm³/mol. The van der Waals surface area contributed by atoms with Crippen molar-refractivity contribution in [3.63, 3.8) is 0 Å². The van der Waals surface area contributed by atoms with Crippen molar-refractivity contribution in [3.05, 3.63) is 22.1 Å². The van der Waals surface area contributed by atoms with E-state index < -0.39 is 21.1 Å². The van der Waals surface area contributed by atoms with Crippen molar-refractivity contribution >= 4 is 38.7 Å². The number of carbonyl (C=O) groups is 2. The van der Waals surface area contributed by atoms with Crippen molar-refractivity contribution in [3.8, 4) is 11.8 Å². The highest BCUT2D eigenvalue weighted by Crippen LogP contribution is 2.40. The third-order valence-electron chi connectivity index (χ3n) is 7.70. The second kappa shape index (κ2) is 11.4. The maximum Gasteiger partial charge on any atom is 0.348 e. The summed E-state index contributed by atoms with van der Waals surface area (Å²) in [5.74, 6) is 5.51. The summed E-state index contributed by atoms with van der Waals surface area (Å²) in [5, 5.41) is 13.3. The van der Waals surface area contributed by atoms with Crippen molar-refractivity contribution in [1.82, 2.24) is 14.8 Å². The van der Waals surface area contributed by atoms with E-state index in [9.17, 15) is 23.1 Å². The molecule has 1 amide bonds. The standard InChI is InChI=1S/C28H38N4O5S2/c1-18-6-8-19(9-7-18)25(33)32(23-16-21(14-15-28(2,3)4)38-24(23)26(34)35)20-10-12-22(13-11-20)39(36,37)27-29-17-30-31(27)5/h16-20,22H,6-13H2,1-5H3,(H,34,35)/t18-,19-,20-,22-.